The topological polar surface area (TPSA) is 47.6 Å². The molecule has 0 radical (unpaired) electrons. The Bertz CT molecular complexity index is 1530. The normalized spacial score (nSPS) is 12.1. The van der Waals surface area contributed by atoms with Gasteiger partial charge in [-0.15, -0.1) is 0 Å². The lowest BCUT2D eigenvalue weighted by molar-refractivity contribution is 0.598. The van der Waals surface area contributed by atoms with Crippen molar-refractivity contribution in [3.05, 3.63) is 92.7 Å². The Kier molecular flexibility index (Phi) is 13.2. The lowest BCUT2D eigenvalue weighted by Gasteiger charge is -2.12. The third-order valence-corrected chi connectivity index (χ3v) is 10.7. The van der Waals surface area contributed by atoms with Gasteiger partial charge in [0.15, 0.2) is 0 Å². The second kappa shape index (κ2) is 17.3. The van der Waals surface area contributed by atoms with E-state index < -0.39 is 0 Å². The van der Waals surface area contributed by atoms with Crippen LogP contribution >= 0.6 is 23.5 Å². The molecule has 0 saturated heterocycles. The van der Waals surface area contributed by atoms with E-state index in [4.69, 9.17) is 10.5 Å². The smallest absolute Gasteiger partial charge is 0.136 e. The molecule has 0 aromatic heterocycles. The maximum atomic E-state index is 9.13. The van der Waals surface area contributed by atoms with E-state index in [1.807, 2.05) is 59.9 Å². The first kappa shape index (κ1) is 32.0. The number of unbranched alkanes of at least 4 members (excludes halogenated alkanes) is 10. The summed E-state index contributed by atoms with van der Waals surface area (Å²) >= 11 is 3.85. The van der Waals surface area contributed by atoms with E-state index in [0.717, 1.165) is 10.4 Å². The van der Waals surface area contributed by atoms with Crippen LogP contribution in [0.25, 0.3) is 9.81 Å². The molecule has 218 valence electrons. The van der Waals surface area contributed by atoms with Crippen LogP contribution in [-0.2, 0) is 12.8 Å². The average Bonchev–Trinajstić information content (AvgIpc) is 3.44. The highest BCUT2D eigenvalue weighted by Crippen LogP contribution is 2.52. The molecule has 2 nitrogen and oxygen atoms in total. The summed E-state index contributed by atoms with van der Waals surface area (Å²) in [5, 5.41) is 22.4. The van der Waals surface area contributed by atoms with Gasteiger partial charge in [0.1, 0.15) is 17.7 Å². The van der Waals surface area contributed by atoms with Crippen LogP contribution in [0.4, 0.5) is 0 Å². The van der Waals surface area contributed by atoms with Gasteiger partial charge in [-0.1, -0.05) is 150 Å². The molecule has 0 bridgehead atoms. The average molecular weight is 593 g/mol. The number of nitriles is 2. The van der Waals surface area contributed by atoms with Crippen LogP contribution in [0, 0.1) is 33.1 Å². The van der Waals surface area contributed by atoms with Crippen LogP contribution in [0.1, 0.15) is 102 Å². The largest absolute Gasteiger partial charge is 0.192 e. The summed E-state index contributed by atoms with van der Waals surface area (Å²) in [5.41, 5.74) is 3.31. The van der Waals surface area contributed by atoms with Crippen LogP contribution in [0.15, 0.2) is 70.5 Å². The number of rotatable bonds is 14. The summed E-state index contributed by atoms with van der Waals surface area (Å²) < 4.78 is 1.36. The Hall–Kier alpha value is -2.92. The fourth-order valence-electron chi connectivity index (χ4n) is 5.58. The maximum absolute atomic E-state index is 9.13. The first-order valence-corrected chi connectivity index (χ1v) is 17.6. The highest BCUT2D eigenvalue weighted by Gasteiger charge is 2.20. The molecule has 42 heavy (non-hydrogen) atoms. The van der Waals surface area contributed by atoms with Gasteiger partial charge in [0, 0.05) is 15.0 Å². The molecule has 4 rings (SSSR count). The molecule has 1 aliphatic rings. The molecule has 4 heteroatoms. The van der Waals surface area contributed by atoms with Crippen molar-refractivity contribution in [1.82, 2.24) is 0 Å². The zero-order chi connectivity index (χ0) is 29.6. The van der Waals surface area contributed by atoms with Gasteiger partial charge in [0.05, 0.1) is 4.24 Å². The van der Waals surface area contributed by atoms with Gasteiger partial charge in [-0.3, -0.25) is 0 Å². The summed E-state index contributed by atoms with van der Waals surface area (Å²) in [4.78, 5) is 2.84. The van der Waals surface area contributed by atoms with E-state index in [1.54, 1.807) is 11.1 Å². The number of hydrogen-bond donors (Lipinski definition) is 0. The van der Waals surface area contributed by atoms with Gasteiger partial charge >= 0.3 is 0 Å². The lowest BCUT2D eigenvalue weighted by atomic mass is 9.96. The minimum Gasteiger partial charge on any atom is -0.192 e. The molecule has 0 unspecified atom stereocenters. The van der Waals surface area contributed by atoms with Crippen LogP contribution in [0.5, 0.6) is 0 Å². The van der Waals surface area contributed by atoms with E-state index in [1.165, 1.54) is 109 Å². The first-order chi connectivity index (χ1) is 20.7. The van der Waals surface area contributed by atoms with Gasteiger partial charge in [-0.2, -0.15) is 10.5 Å². The summed E-state index contributed by atoms with van der Waals surface area (Å²) in [6, 6.07) is 25.4. The number of benzene rings is 3. The van der Waals surface area contributed by atoms with Crippen molar-refractivity contribution in [3.63, 3.8) is 0 Å². The van der Waals surface area contributed by atoms with Crippen LogP contribution < -0.4 is 10.4 Å². The molecule has 0 N–H and O–H groups in total. The van der Waals surface area contributed by atoms with E-state index in [2.05, 4.69) is 50.2 Å². The summed E-state index contributed by atoms with van der Waals surface area (Å²) in [7, 11) is 0. The minimum absolute atomic E-state index is 0.147. The van der Waals surface area contributed by atoms with Crippen molar-refractivity contribution in [2.75, 3.05) is 0 Å². The van der Waals surface area contributed by atoms with E-state index >= 15 is 0 Å². The van der Waals surface area contributed by atoms with Crippen molar-refractivity contribution in [2.24, 2.45) is 0 Å². The summed E-state index contributed by atoms with van der Waals surface area (Å²) in [5.74, 6) is 0. The second-order valence-electron chi connectivity index (χ2n) is 11.3. The molecular formula is C38H44N2S2. The highest BCUT2D eigenvalue weighted by atomic mass is 32.2. The number of thioether (sulfide) groups is 2. The Morgan fingerprint density at radius 1 is 0.548 bits per heavy atom. The van der Waals surface area contributed by atoms with Crippen LogP contribution in [-0.4, -0.2) is 0 Å². The van der Waals surface area contributed by atoms with Gasteiger partial charge in [-0.05, 0) is 64.6 Å². The number of hydrogen-bond acceptors (Lipinski definition) is 4. The maximum Gasteiger partial charge on any atom is 0.136 e. The highest BCUT2D eigenvalue weighted by molar-refractivity contribution is 8.32. The van der Waals surface area contributed by atoms with Crippen molar-refractivity contribution < 1.29 is 0 Å². The van der Waals surface area contributed by atoms with Gasteiger partial charge in [0.25, 0.3) is 0 Å². The molecule has 0 saturated carbocycles. The number of aryl methyl sites for hydroxylation is 2. The zero-order valence-corrected chi connectivity index (χ0v) is 27.0. The predicted octanol–water partition coefficient (Wildman–Crippen LogP) is 9.94. The Labute approximate surface area is 261 Å². The van der Waals surface area contributed by atoms with Crippen LogP contribution in [0.3, 0.4) is 0 Å². The van der Waals surface area contributed by atoms with Gasteiger partial charge in [-0.25, -0.2) is 0 Å². The van der Waals surface area contributed by atoms with Crippen molar-refractivity contribution in [2.45, 2.75) is 114 Å². The zero-order valence-electron chi connectivity index (χ0n) is 25.4. The molecule has 0 atom stereocenters. The van der Waals surface area contributed by atoms with E-state index in [-0.39, 0.29) is 5.57 Å². The Balaban J connectivity index is 1.53. The minimum atomic E-state index is 0.147. The third kappa shape index (κ3) is 9.04. The van der Waals surface area contributed by atoms with Gasteiger partial charge < -0.3 is 0 Å². The molecule has 0 fully saturated rings. The second-order valence-corrected chi connectivity index (χ2v) is 13.7. The number of nitrogens with zero attached hydrogens (tertiary/aromatic N) is 2. The SMILES string of the molecule is CCCCCCCCc1cc2c(cc1CCCCCCCC)SC(=c1ccc(=c3ccc(=C(C#N)C#N)cc3)cc1)S2. The van der Waals surface area contributed by atoms with Crippen molar-refractivity contribution in [1.29, 1.82) is 10.5 Å². The van der Waals surface area contributed by atoms with E-state index in [9.17, 15) is 0 Å². The first-order valence-electron chi connectivity index (χ1n) is 15.9. The molecular weight excluding hydrogens is 549 g/mol. The third-order valence-electron chi connectivity index (χ3n) is 8.12. The van der Waals surface area contributed by atoms with Crippen LogP contribution in [0.2, 0.25) is 0 Å². The number of fused-ring (bicyclic) bond motifs is 1. The lowest BCUT2D eigenvalue weighted by Crippen LogP contribution is -2.02. The fourth-order valence-corrected chi connectivity index (χ4v) is 8.17. The molecule has 3 aromatic rings. The molecule has 0 spiro atoms. The van der Waals surface area contributed by atoms with E-state index in [0.29, 0.717) is 5.22 Å². The summed E-state index contributed by atoms with van der Waals surface area (Å²) in [6.45, 7) is 4.58. The fraction of sp³-hybridized carbons (Fsp3) is 0.421. The quantitative estimate of drug-likeness (QED) is 0.175. The van der Waals surface area contributed by atoms with Gasteiger partial charge in [0.2, 0.25) is 0 Å². The predicted molar refractivity (Wildman–Crippen MR) is 180 cm³/mol. The van der Waals surface area contributed by atoms with Crippen molar-refractivity contribution >= 4 is 33.3 Å². The molecule has 0 amide bonds. The Morgan fingerprint density at radius 2 is 0.952 bits per heavy atom. The Morgan fingerprint density at radius 3 is 1.40 bits per heavy atom. The standard InChI is InChI=1S/C38H44N2S2/c1-3-5-7-9-11-13-15-33-25-36-37(26-34(33)16-14-12-10-8-6-4-2)42-38(41-36)32-23-21-30(22-24-32)29-17-19-31(20-18-29)35(27-39)28-40/h17-26H,3-16H2,1-2H3. The van der Waals surface area contributed by atoms with Crippen molar-refractivity contribution in [3.8, 4) is 12.1 Å². The monoisotopic (exact) mass is 592 g/mol. The molecule has 3 aromatic carbocycles. The molecule has 1 aliphatic heterocycles. The molecule has 0 aliphatic carbocycles. The molecule has 1 heterocycles. The summed E-state index contributed by atoms with van der Waals surface area (Å²) in [6.07, 6.45) is 18.6.